The number of aromatic amines is 1. The lowest BCUT2D eigenvalue weighted by molar-refractivity contribution is -0.128. The molecule has 2 N–H and O–H groups in total. The fraction of sp³-hybridized carbons (Fsp3) is 0.158. The van der Waals surface area contributed by atoms with Crippen molar-refractivity contribution in [1.29, 1.82) is 0 Å². The highest BCUT2D eigenvalue weighted by Gasteiger charge is 2.14. The van der Waals surface area contributed by atoms with Crippen molar-refractivity contribution >= 4 is 23.6 Å². The first-order valence-electron chi connectivity index (χ1n) is 8.30. The van der Waals surface area contributed by atoms with Gasteiger partial charge in [0.1, 0.15) is 0 Å². The van der Waals surface area contributed by atoms with Crippen molar-refractivity contribution < 1.29 is 9.59 Å². The van der Waals surface area contributed by atoms with Crippen LogP contribution >= 0.6 is 11.8 Å². The number of nitrogens with zero attached hydrogens (tertiary/aromatic N) is 2. The molecule has 0 radical (unpaired) electrons. The average molecular weight is 382 g/mol. The van der Waals surface area contributed by atoms with Crippen molar-refractivity contribution in [1.82, 2.24) is 20.1 Å². The molecule has 0 saturated heterocycles. The molecule has 0 unspecified atom stereocenters. The van der Waals surface area contributed by atoms with E-state index in [0.717, 1.165) is 22.9 Å². The van der Waals surface area contributed by atoms with Gasteiger partial charge in [0.05, 0.1) is 18.7 Å². The van der Waals surface area contributed by atoms with E-state index in [-0.39, 0.29) is 23.8 Å². The number of carbonyl (C=O) groups is 2. The van der Waals surface area contributed by atoms with E-state index in [4.69, 9.17) is 0 Å². The van der Waals surface area contributed by atoms with Gasteiger partial charge in [-0.2, -0.15) is 0 Å². The average Bonchev–Trinajstić information content (AvgIpc) is 3.01. The largest absolute Gasteiger partial charge is 0.344 e. The van der Waals surface area contributed by atoms with Crippen LogP contribution in [0, 0.1) is 0 Å². The molecule has 0 fully saturated rings. The van der Waals surface area contributed by atoms with E-state index in [9.17, 15) is 14.4 Å². The molecule has 138 valence electrons. The first-order valence-corrected chi connectivity index (χ1v) is 9.29. The maximum atomic E-state index is 12.0. The van der Waals surface area contributed by atoms with Gasteiger partial charge in [-0.1, -0.05) is 72.4 Å². The second-order valence-electron chi connectivity index (χ2n) is 5.81. The molecule has 8 heteroatoms. The maximum Gasteiger partial charge on any atom is 0.344 e. The van der Waals surface area contributed by atoms with Crippen molar-refractivity contribution in [2.45, 2.75) is 18.1 Å². The number of rotatable bonds is 7. The van der Waals surface area contributed by atoms with Crippen LogP contribution in [0.5, 0.6) is 0 Å². The van der Waals surface area contributed by atoms with Crippen LogP contribution in [0.25, 0.3) is 0 Å². The van der Waals surface area contributed by atoms with E-state index in [1.165, 1.54) is 4.57 Å². The van der Waals surface area contributed by atoms with Crippen LogP contribution < -0.4 is 11.0 Å². The summed E-state index contributed by atoms with van der Waals surface area (Å²) in [6.45, 7) is 0.354. The zero-order valence-corrected chi connectivity index (χ0v) is 15.2. The van der Waals surface area contributed by atoms with Gasteiger partial charge in [0.15, 0.2) is 5.16 Å². The van der Waals surface area contributed by atoms with E-state index in [2.05, 4.69) is 15.5 Å². The molecule has 0 aliphatic rings. The standard InChI is InChI=1S/C19H18N4O3S/c24-16(11-14-7-3-1-4-8-14)20-17(25)13-27-19-22-21-18(26)23(19)12-15-9-5-2-6-10-15/h1-10H,11-13H2,(H,21,26)(H,20,24,25). The zero-order valence-electron chi connectivity index (χ0n) is 14.4. The minimum atomic E-state index is -0.428. The Kier molecular flexibility index (Phi) is 6.22. The number of hydrogen-bond donors (Lipinski definition) is 2. The van der Waals surface area contributed by atoms with E-state index in [1.54, 1.807) is 0 Å². The third kappa shape index (κ3) is 5.42. The van der Waals surface area contributed by atoms with Crippen LogP contribution in [-0.2, 0) is 22.6 Å². The molecule has 1 aromatic heterocycles. The van der Waals surface area contributed by atoms with Gasteiger partial charge in [0.2, 0.25) is 11.8 Å². The van der Waals surface area contributed by atoms with Crippen molar-refractivity contribution in [3.8, 4) is 0 Å². The van der Waals surface area contributed by atoms with Gasteiger partial charge in [0.25, 0.3) is 0 Å². The highest BCUT2D eigenvalue weighted by molar-refractivity contribution is 7.99. The Morgan fingerprint density at radius 3 is 2.26 bits per heavy atom. The van der Waals surface area contributed by atoms with Crippen LogP contribution in [0.3, 0.4) is 0 Å². The van der Waals surface area contributed by atoms with Crippen LogP contribution in [0.15, 0.2) is 70.6 Å². The highest BCUT2D eigenvalue weighted by atomic mass is 32.2. The summed E-state index contributed by atoms with van der Waals surface area (Å²) in [5.41, 5.74) is 1.44. The second-order valence-corrected chi connectivity index (χ2v) is 6.75. The predicted octanol–water partition coefficient (Wildman–Crippen LogP) is 1.60. The second kappa shape index (κ2) is 9.00. The fourth-order valence-corrected chi connectivity index (χ4v) is 3.21. The summed E-state index contributed by atoms with van der Waals surface area (Å²) in [7, 11) is 0. The molecule has 1 heterocycles. The molecule has 0 spiro atoms. The molecule has 0 atom stereocenters. The Morgan fingerprint density at radius 2 is 1.59 bits per heavy atom. The first kappa shape index (κ1) is 18.7. The lowest BCUT2D eigenvalue weighted by Gasteiger charge is -2.06. The van der Waals surface area contributed by atoms with Gasteiger partial charge in [-0.25, -0.2) is 9.89 Å². The summed E-state index contributed by atoms with van der Waals surface area (Å²) in [5, 5.41) is 9.10. The van der Waals surface area contributed by atoms with E-state index in [1.807, 2.05) is 60.7 Å². The van der Waals surface area contributed by atoms with Crippen molar-refractivity contribution in [2.75, 3.05) is 5.75 Å². The number of H-pyrrole nitrogens is 1. The summed E-state index contributed by atoms with van der Waals surface area (Å²) in [6.07, 6.45) is 0.137. The summed E-state index contributed by atoms with van der Waals surface area (Å²) < 4.78 is 1.46. The molecule has 7 nitrogen and oxygen atoms in total. The molecule has 0 saturated carbocycles. The quantitative estimate of drug-likeness (QED) is 0.605. The number of aromatic nitrogens is 3. The number of nitrogens with one attached hydrogen (secondary N) is 2. The van der Waals surface area contributed by atoms with Gasteiger partial charge in [-0.15, -0.1) is 5.10 Å². The van der Waals surface area contributed by atoms with Gasteiger partial charge >= 0.3 is 5.69 Å². The summed E-state index contributed by atoms with van der Waals surface area (Å²) in [4.78, 5) is 35.9. The van der Waals surface area contributed by atoms with E-state index in [0.29, 0.717) is 11.7 Å². The van der Waals surface area contributed by atoms with Crippen LogP contribution in [0.4, 0.5) is 0 Å². The Morgan fingerprint density at radius 1 is 0.963 bits per heavy atom. The van der Waals surface area contributed by atoms with E-state index >= 15 is 0 Å². The van der Waals surface area contributed by atoms with Crippen LogP contribution in [-0.4, -0.2) is 32.3 Å². The van der Waals surface area contributed by atoms with E-state index < -0.39 is 5.91 Å². The van der Waals surface area contributed by atoms with Crippen molar-refractivity contribution in [3.05, 3.63) is 82.3 Å². The normalized spacial score (nSPS) is 10.5. The number of imide groups is 1. The molecule has 0 aliphatic carbocycles. The monoisotopic (exact) mass is 382 g/mol. The Balaban J connectivity index is 1.55. The summed E-state index contributed by atoms with van der Waals surface area (Å²) >= 11 is 1.10. The molecule has 2 aromatic carbocycles. The van der Waals surface area contributed by atoms with Gasteiger partial charge in [0, 0.05) is 0 Å². The molecule has 3 rings (SSSR count). The third-order valence-corrected chi connectivity index (χ3v) is 4.70. The molecule has 3 aromatic rings. The maximum absolute atomic E-state index is 12.0. The summed E-state index contributed by atoms with van der Waals surface area (Å²) in [6, 6.07) is 18.7. The van der Waals surface area contributed by atoms with Gasteiger partial charge in [-0.3, -0.25) is 19.5 Å². The molecule has 2 amide bonds. The molecule has 0 aliphatic heterocycles. The number of carbonyl (C=O) groups excluding carboxylic acids is 2. The SMILES string of the molecule is O=C(CSc1n[nH]c(=O)n1Cc1ccccc1)NC(=O)Cc1ccccc1. The number of benzene rings is 2. The Labute approximate surface area is 159 Å². The fourth-order valence-electron chi connectivity index (χ4n) is 2.47. The number of thioether (sulfide) groups is 1. The lowest BCUT2D eigenvalue weighted by Crippen LogP contribution is -2.33. The van der Waals surface area contributed by atoms with Gasteiger partial charge in [-0.05, 0) is 11.1 Å². The first-order chi connectivity index (χ1) is 13.1. The minimum absolute atomic E-state index is 0.0143. The third-order valence-electron chi connectivity index (χ3n) is 3.73. The highest BCUT2D eigenvalue weighted by Crippen LogP contribution is 2.14. The van der Waals surface area contributed by atoms with Crippen LogP contribution in [0.1, 0.15) is 11.1 Å². The van der Waals surface area contributed by atoms with Gasteiger partial charge < -0.3 is 0 Å². The topological polar surface area (TPSA) is 96.8 Å². The Hall–Kier alpha value is -3.13. The van der Waals surface area contributed by atoms with Crippen molar-refractivity contribution in [3.63, 3.8) is 0 Å². The van der Waals surface area contributed by atoms with Crippen molar-refractivity contribution in [2.24, 2.45) is 0 Å². The smallest absolute Gasteiger partial charge is 0.295 e. The molecular weight excluding hydrogens is 364 g/mol. The number of amides is 2. The molecular formula is C19H18N4O3S. The number of hydrogen-bond acceptors (Lipinski definition) is 5. The lowest BCUT2D eigenvalue weighted by atomic mass is 10.1. The Bertz CT molecular complexity index is 967. The van der Waals surface area contributed by atoms with Crippen LogP contribution in [0.2, 0.25) is 0 Å². The predicted molar refractivity (Wildman–Crippen MR) is 102 cm³/mol. The minimum Gasteiger partial charge on any atom is -0.295 e. The summed E-state index contributed by atoms with van der Waals surface area (Å²) in [5.74, 6) is -0.808. The molecule has 0 bridgehead atoms. The zero-order chi connectivity index (χ0) is 19.1. The molecule has 27 heavy (non-hydrogen) atoms.